The summed E-state index contributed by atoms with van der Waals surface area (Å²) in [7, 11) is 3.78. The van der Waals surface area contributed by atoms with Gasteiger partial charge in [-0.2, -0.15) is 0 Å². The minimum absolute atomic E-state index is 0.0718. The van der Waals surface area contributed by atoms with Gasteiger partial charge in [0.25, 0.3) is 0 Å². The first-order valence-corrected chi connectivity index (χ1v) is 14.2. The lowest BCUT2D eigenvalue weighted by atomic mass is 10.0. The molecule has 2 fully saturated rings. The maximum absolute atomic E-state index is 12.6. The largest absolute Gasteiger partial charge is 0.496 e. The number of ether oxygens (including phenoxy) is 1. The molecule has 2 aliphatic heterocycles. The Labute approximate surface area is 236 Å². The van der Waals surface area contributed by atoms with Crippen molar-refractivity contribution in [3.05, 3.63) is 60.2 Å². The van der Waals surface area contributed by atoms with Crippen molar-refractivity contribution in [3.63, 3.8) is 0 Å². The Morgan fingerprint density at radius 1 is 0.925 bits per heavy atom. The number of rotatable bonds is 9. The van der Waals surface area contributed by atoms with Crippen molar-refractivity contribution in [3.8, 4) is 5.75 Å². The second kappa shape index (κ2) is 13.1. The number of hydrogen-bond acceptors (Lipinski definition) is 7. The summed E-state index contributed by atoms with van der Waals surface area (Å²) in [6.07, 6.45) is 2.15. The number of amides is 2. The van der Waals surface area contributed by atoms with Crippen molar-refractivity contribution in [1.29, 1.82) is 0 Å². The SMILES string of the molecule is COc1cc(N2CCN(C)CC2)nc2ccc(NC(=O)CCC(=O)NC3CCN(Cc4ccccc4)CC3)cc12. The fourth-order valence-electron chi connectivity index (χ4n) is 5.45. The van der Waals surface area contributed by atoms with Gasteiger partial charge >= 0.3 is 0 Å². The molecule has 2 aliphatic rings. The summed E-state index contributed by atoms with van der Waals surface area (Å²) in [6.45, 7) is 6.70. The summed E-state index contributed by atoms with van der Waals surface area (Å²) >= 11 is 0. The molecule has 0 aliphatic carbocycles. The molecular weight excluding hydrogens is 504 g/mol. The van der Waals surface area contributed by atoms with Gasteiger partial charge in [-0.15, -0.1) is 0 Å². The van der Waals surface area contributed by atoms with Gasteiger partial charge in [-0.05, 0) is 43.7 Å². The number of aromatic nitrogens is 1. The van der Waals surface area contributed by atoms with Gasteiger partial charge in [0.2, 0.25) is 11.8 Å². The Morgan fingerprint density at radius 3 is 2.38 bits per heavy atom. The Balaban J connectivity index is 1.09. The van der Waals surface area contributed by atoms with Crippen LogP contribution in [-0.2, 0) is 16.1 Å². The molecular formula is C31H40N6O3. The number of piperidine rings is 1. The number of likely N-dealkylation sites (N-methyl/N-ethyl adjacent to an activating group) is 1. The highest BCUT2D eigenvalue weighted by atomic mass is 16.5. The third-order valence-corrected chi connectivity index (χ3v) is 7.87. The topological polar surface area (TPSA) is 90.0 Å². The average Bonchev–Trinajstić information content (AvgIpc) is 2.97. The van der Waals surface area contributed by atoms with Crippen LogP contribution in [0.15, 0.2) is 54.6 Å². The Kier molecular flexibility index (Phi) is 9.13. The molecule has 2 saturated heterocycles. The van der Waals surface area contributed by atoms with E-state index in [1.54, 1.807) is 7.11 Å². The number of nitrogens with zero attached hydrogens (tertiary/aromatic N) is 4. The van der Waals surface area contributed by atoms with E-state index in [2.05, 4.69) is 56.6 Å². The lowest BCUT2D eigenvalue weighted by Gasteiger charge is -2.33. The van der Waals surface area contributed by atoms with Gasteiger partial charge in [-0.1, -0.05) is 30.3 Å². The zero-order valence-electron chi connectivity index (χ0n) is 23.6. The van der Waals surface area contributed by atoms with Crippen molar-refractivity contribution >= 4 is 34.2 Å². The van der Waals surface area contributed by atoms with Gasteiger partial charge in [-0.3, -0.25) is 14.5 Å². The highest BCUT2D eigenvalue weighted by molar-refractivity contribution is 5.97. The smallest absolute Gasteiger partial charge is 0.224 e. The number of carbonyl (C=O) groups is 2. The Morgan fingerprint density at radius 2 is 1.65 bits per heavy atom. The van der Waals surface area contributed by atoms with E-state index in [4.69, 9.17) is 9.72 Å². The molecule has 3 aromatic rings. The highest BCUT2D eigenvalue weighted by Gasteiger charge is 2.21. The van der Waals surface area contributed by atoms with E-state index in [1.807, 2.05) is 30.3 Å². The van der Waals surface area contributed by atoms with Gasteiger partial charge < -0.3 is 25.2 Å². The van der Waals surface area contributed by atoms with Crippen LogP contribution in [0.5, 0.6) is 5.75 Å². The van der Waals surface area contributed by atoms with E-state index >= 15 is 0 Å². The predicted octanol–water partition coefficient (Wildman–Crippen LogP) is 3.49. The van der Waals surface area contributed by atoms with Gasteiger partial charge in [0.15, 0.2) is 0 Å². The third kappa shape index (κ3) is 7.28. The lowest BCUT2D eigenvalue weighted by Crippen LogP contribution is -2.44. The van der Waals surface area contributed by atoms with Crippen molar-refractivity contribution in [1.82, 2.24) is 20.1 Å². The molecule has 2 aromatic carbocycles. The van der Waals surface area contributed by atoms with E-state index in [9.17, 15) is 9.59 Å². The molecule has 9 nitrogen and oxygen atoms in total. The highest BCUT2D eigenvalue weighted by Crippen LogP contribution is 2.31. The summed E-state index contributed by atoms with van der Waals surface area (Å²) in [5.41, 5.74) is 2.80. The minimum Gasteiger partial charge on any atom is -0.496 e. The van der Waals surface area contributed by atoms with Crippen LogP contribution in [0.3, 0.4) is 0 Å². The van der Waals surface area contributed by atoms with E-state index in [-0.39, 0.29) is 30.7 Å². The Hall–Kier alpha value is -3.69. The fraction of sp³-hybridized carbons (Fsp3) is 0.452. The molecule has 0 bridgehead atoms. The van der Waals surface area contributed by atoms with E-state index in [0.29, 0.717) is 5.69 Å². The predicted molar refractivity (Wildman–Crippen MR) is 159 cm³/mol. The van der Waals surface area contributed by atoms with Crippen LogP contribution in [0.4, 0.5) is 11.5 Å². The maximum atomic E-state index is 12.6. The number of fused-ring (bicyclic) bond motifs is 1. The summed E-state index contributed by atoms with van der Waals surface area (Å²) in [4.78, 5) is 37.1. The van der Waals surface area contributed by atoms with Gasteiger partial charge in [-0.25, -0.2) is 4.98 Å². The van der Waals surface area contributed by atoms with Gasteiger partial charge in [0, 0.05) is 81.8 Å². The Bertz CT molecular complexity index is 1300. The molecule has 9 heteroatoms. The first kappa shape index (κ1) is 27.9. The molecule has 0 saturated carbocycles. The summed E-state index contributed by atoms with van der Waals surface area (Å²) in [5, 5.41) is 6.89. The third-order valence-electron chi connectivity index (χ3n) is 7.87. The molecule has 1 aromatic heterocycles. The molecule has 2 N–H and O–H groups in total. The van der Waals surface area contributed by atoms with Gasteiger partial charge in [0.1, 0.15) is 11.6 Å². The molecule has 40 heavy (non-hydrogen) atoms. The first-order chi connectivity index (χ1) is 19.5. The number of pyridine rings is 1. The number of carbonyl (C=O) groups excluding carboxylic acids is 2. The molecule has 0 atom stereocenters. The van der Waals surface area contributed by atoms with Crippen LogP contribution in [-0.4, -0.2) is 86.1 Å². The maximum Gasteiger partial charge on any atom is 0.224 e. The zero-order valence-corrected chi connectivity index (χ0v) is 23.6. The van der Waals surface area contributed by atoms with Crippen molar-refractivity contribution in [2.45, 2.75) is 38.3 Å². The molecule has 0 radical (unpaired) electrons. The normalized spacial score (nSPS) is 17.1. The molecule has 0 spiro atoms. The lowest BCUT2D eigenvalue weighted by molar-refractivity contribution is -0.125. The van der Waals surface area contributed by atoms with E-state index in [1.165, 1.54) is 5.56 Å². The summed E-state index contributed by atoms with van der Waals surface area (Å²) < 4.78 is 5.68. The number of likely N-dealkylation sites (tertiary alicyclic amines) is 1. The number of nitrogens with one attached hydrogen (secondary N) is 2. The summed E-state index contributed by atoms with van der Waals surface area (Å²) in [6, 6.07) is 18.2. The van der Waals surface area contributed by atoms with Crippen LogP contribution in [0.1, 0.15) is 31.2 Å². The second-order valence-corrected chi connectivity index (χ2v) is 10.9. The van der Waals surface area contributed by atoms with Crippen LogP contribution in [0.25, 0.3) is 10.9 Å². The number of piperazine rings is 1. The molecule has 3 heterocycles. The summed E-state index contributed by atoms with van der Waals surface area (Å²) in [5.74, 6) is 1.37. The monoisotopic (exact) mass is 544 g/mol. The number of hydrogen-bond donors (Lipinski definition) is 2. The average molecular weight is 545 g/mol. The van der Waals surface area contributed by atoms with Crippen LogP contribution < -0.4 is 20.3 Å². The molecule has 5 rings (SSSR count). The second-order valence-electron chi connectivity index (χ2n) is 10.9. The molecule has 2 amide bonds. The van der Waals surface area contributed by atoms with Crippen LogP contribution in [0.2, 0.25) is 0 Å². The quantitative estimate of drug-likeness (QED) is 0.426. The number of methoxy groups -OCH3 is 1. The molecule has 0 unspecified atom stereocenters. The molecule has 212 valence electrons. The number of anilines is 2. The van der Waals surface area contributed by atoms with E-state index in [0.717, 1.165) is 81.1 Å². The van der Waals surface area contributed by atoms with E-state index < -0.39 is 0 Å². The van der Waals surface area contributed by atoms with Crippen molar-refractivity contribution in [2.75, 3.05) is 63.6 Å². The zero-order chi connectivity index (χ0) is 27.9. The first-order valence-electron chi connectivity index (χ1n) is 14.2. The van der Waals surface area contributed by atoms with Gasteiger partial charge in [0.05, 0.1) is 12.6 Å². The standard InChI is InChI=1S/C31H40N6O3/c1-35-16-18-37(19-17-35)29-21-28(40-2)26-20-25(8-9-27(26)34-29)33-31(39)11-10-30(38)32-24-12-14-36(15-13-24)22-23-6-4-3-5-7-23/h3-9,20-21,24H,10-19,22H2,1-2H3,(H,32,38)(H,33,39). The van der Waals surface area contributed by atoms with Crippen LogP contribution >= 0.6 is 0 Å². The van der Waals surface area contributed by atoms with Crippen LogP contribution in [0, 0.1) is 0 Å². The minimum atomic E-state index is -0.187. The van der Waals surface area contributed by atoms with Crippen molar-refractivity contribution in [2.24, 2.45) is 0 Å². The van der Waals surface area contributed by atoms with Crippen molar-refractivity contribution < 1.29 is 14.3 Å². The fourth-order valence-corrected chi connectivity index (χ4v) is 5.45. The number of benzene rings is 2.